The molecule has 1 aromatic carbocycles. The maximum Gasteiger partial charge on any atom is 0.278 e. The molecular weight excluding hydrogens is 298 g/mol. The molecule has 1 amide bonds. The second-order valence-electron chi connectivity index (χ2n) is 7.65. The molecule has 128 valence electrons. The van der Waals surface area contributed by atoms with Gasteiger partial charge in [-0.05, 0) is 65.2 Å². The average Bonchev–Trinajstić information content (AvgIpc) is 3.26. The number of benzene rings is 1. The van der Waals surface area contributed by atoms with Crippen LogP contribution in [0.2, 0.25) is 0 Å². The minimum Gasteiger partial charge on any atom is -0.307 e. The van der Waals surface area contributed by atoms with E-state index in [9.17, 15) is 4.79 Å². The molecule has 1 saturated carbocycles. The number of aromatic nitrogens is 2. The van der Waals surface area contributed by atoms with E-state index in [1.54, 1.807) is 0 Å². The highest BCUT2D eigenvalue weighted by atomic mass is 16.2. The average molecular weight is 325 g/mol. The number of nitrogens with zero attached hydrogens (tertiary/aromatic N) is 3. The molecule has 0 radical (unpaired) electrons. The van der Waals surface area contributed by atoms with Gasteiger partial charge in [0.25, 0.3) is 5.91 Å². The van der Waals surface area contributed by atoms with Gasteiger partial charge in [-0.25, -0.2) is 0 Å². The first-order valence-electron chi connectivity index (χ1n) is 8.81. The van der Waals surface area contributed by atoms with Gasteiger partial charge < -0.3 is 4.90 Å². The van der Waals surface area contributed by atoms with E-state index in [0.29, 0.717) is 18.2 Å². The number of para-hydroxylation sites is 1. The molecule has 0 aliphatic heterocycles. The molecule has 0 saturated heterocycles. The number of hydrogen-bond donors (Lipinski definition) is 0. The Morgan fingerprint density at radius 2 is 1.96 bits per heavy atom. The van der Waals surface area contributed by atoms with Crippen molar-refractivity contribution >= 4 is 11.6 Å². The summed E-state index contributed by atoms with van der Waals surface area (Å²) in [6.45, 7) is 11.1. The lowest BCUT2D eigenvalue weighted by Crippen LogP contribution is -2.32. The Morgan fingerprint density at radius 3 is 2.50 bits per heavy atom. The van der Waals surface area contributed by atoms with Crippen molar-refractivity contribution in [3.05, 3.63) is 47.3 Å². The van der Waals surface area contributed by atoms with Crippen molar-refractivity contribution in [3.63, 3.8) is 0 Å². The maximum atomic E-state index is 13.1. The zero-order chi connectivity index (χ0) is 17.5. The van der Waals surface area contributed by atoms with Crippen LogP contribution in [0.15, 0.2) is 30.3 Å². The highest BCUT2D eigenvalue weighted by Gasteiger charge is 2.33. The first-order valence-corrected chi connectivity index (χ1v) is 8.81. The molecule has 1 fully saturated rings. The molecule has 4 nitrogen and oxygen atoms in total. The monoisotopic (exact) mass is 325 g/mol. The second-order valence-corrected chi connectivity index (χ2v) is 7.65. The zero-order valence-electron chi connectivity index (χ0n) is 15.3. The van der Waals surface area contributed by atoms with Gasteiger partial charge in [0.1, 0.15) is 0 Å². The number of carbonyl (C=O) groups excluding carboxylic acids is 1. The van der Waals surface area contributed by atoms with Gasteiger partial charge in [0, 0.05) is 23.8 Å². The van der Waals surface area contributed by atoms with Gasteiger partial charge in [0.15, 0.2) is 5.69 Å². The Morgan fingerprint density at radius 1 is 1.29 bits per heavy atom. The Hall–Kier alpha value is -2.10. The van der Waals surface area contributed by atoms with Gasteiger partial charge >= 0.3 is 0 Å². The molecule has 0 spiro atoms. The van der Waals surface area contributed by atoms with Gasteiger partial charge in [-0.15, -0.1) is 0 Å². The summed E-state index contributed by atoms with van der Waals surface area (Å²) in [6.07, 6.45) is 2.40. The minimum absolute atomic E-state index is 0.0169. The lowest BCUT2D eigenvalue weighted by atomic mass is 10.1. The summed E-state index contributed by atoms with van der Waals surface area (Å²) in [7, 11) is 0. The second kappa shape index (κ2) is 6.08. The van der Waals surface area contributed by atoms with E-state index in [0.717, 1.165) is 11.3 Å². The fraction of sp³-hybridized carbons (Fsp3) is 0.500. The number of aryl methyl sites for hydroxylation is 1. The van der Waals surface area contributed by atoms with Gasteiger partial charge in [0.2, 0.25) is 0 Å². The smallest absolute Gasteiger partial charge is 0.278 e. The van der Waals surface area contributed by atoms with Crippen LogP contribution in [-0.2, 0) is 5.54 Å². The molecule has 24 heavy (non-hydrogen) atoms. The van der Waals surface area contributed by atoms with E-state index < -0.39 is 0 Å². The molecule has 0 atom stereocenters. The van der Waals surface area contributed by atoms with E-state index in [2.05, 4.69) is 20.8 Å². The topological polar surface area (TPSA) is 38.1 Å². The first kappa shape index (κ1) is 16.7. The summed E-state index contributed by atoms with van der Waals surface area (Å²) in [5.74, 6) is 0.545. The third kappa shape index (κ3) is 3.10. The normalized spacial score (nSPS) is 14.7. The fourth-order valence-corrected chi connectivity index (χ4v) is 3.14. The quantitative estimate of drug-likeness (QED) is 0.830. The summed E-state index contributed by atoms with van der Waals surface area (Å²) in [6, 6.07) is 10.0. The van der Waals surface area contributed by atoms with Gasteiger partial charge in [-0.2, -0.15) is 5.10 Å². The Bertz CT molecular complexity index is 750. The van der Waals surface area contributed by atoms with Crippen LogP contribution in [0.25, 0.3) is 0 Å². The summed E-state index contributed by atoms with van der Waals surface area (Å²) in [5, 5.41) is 4.69. The van der Waals surface area contributed by atoms with Gasteiger partial charge in [-0.1, -0.05) is 18.2 Å². The standard InChI is InChI=1S/C20H27N3O/c1-6-22(17-10-8-7-9-14(17)2)19(24)16-13-18(15-11-12-15)23(21-16)20(3,4)5/h7-10,13,15H,6,11-12H2,1-5H3. The molecule has 0 unspecified atom stereocenters. The van der Waals surface area contributed by atoms with E-state index in [-0.39, 0.29) is 11.4 Å². The third-order valence-electron chi connectivity index (χ3n) is 4.55. The van der Waals surface area contributed by atoms with Crippen molar-refractivity contribution in [2.75, 3.05) is 11.4 Å². The molecule has 1 aliphatic carbocycles. The summed E-state index contributed by atoms with van der Waals surface area (Å²) < 4.78 is 2.05. The molecule has 1 aromatic heterocycles. The van der Waals surface area contributed by atoms with Crippen LogP contribution in [0, 0.1) is 6.92 Å². The summed E-state index contributed by atoms with van der Waals surface area (Å²) in [5.41, 5.74) is 3.70. The van der Waals surface area contributed by atoms with Crippen LogP contribution in [0.1, 0.15) is 68.2 Å². The van der Waals surface area contributed by atoms with Crippen LogP contribution < -0.4 is 4.90 Å². The van der Waals surface area contributed by atoms with Crippen LogP contribution in [0.4, 0.5) is 5.69 Å². The summed E-state index contributed by atoms with van der Waals surface area (Å²) in [4.78, 5) is 14.9. The maximum absolute atomic E-state index is 13.1. The SMILES string of the molecule is CCN(C(=O)c1cc(C2CC2)n(C(C)(C)C)n1)c1ccccc1C. The minimum atomic E-state index is -0.115. The molecule has 1 aliphatic rings. The van der Waals surface area contributed by atoms with E-state index >= 15 is 0 Å². The van der Waals surface area contributed by atoms with Crippen molar-refractivity contribution in [1.82, 2.24) is 9.78 Å². The number of carbonyl (C=O) groups is 1. The van der Waals surface area contributed by atoms with Crippen molar-refractivity contribution in [3.8, 4) is 0 Å². The van der Waals surface area contributed by atoms with Crippen molar-refractivity contribution in [2.24, 2.45) is 0 Å². The highest BCUT2D eigenvalue weighted by Crippen LogP contribution is 2.42. The molecule has 2 aromatic rings. The fourth-order valence-electron chi connectivity index (χ4n) is 3.14. The lowest BCUT2D eigenvalue weighted by Gasteiger charge is -2.23. The molecule has 1 heterocycles. The number of amides is 1. The number of anilines is 1. The number of hydrogen-bond acceptors (Lipinski definition) is 2. The molecule has 0 bridgehead atoms. The van der Waals surface area contributed by atoms with Crippen molar-refractivity contribution in [2.45, 2.75) is 58.9 Å². The molecule has 0 N–H and O–H groups in total. The zero-order valence-corrected chi connectivity index (χ0v) is 15.3. The van der Waals surface area contributed by atoms with Crippen LogP contribution >= 0.6 is 0 Å². The van der Waals surface area contributed by atoms with Gasteiger partial charge in [0.05, 0.1) is 5.54 Å². The summed E-state index contributed by atoms with van der Waals surface area (Å²) >= 11 is 0. The van der Waals surface area contributed by atoms with Crippen molar-refractivity contribution < 1.29 is 4.79 Å². The first-order chi connectivity index (χ1) is 11.3. The van der Waals surface area contributed by atoms with E-state index in [4.69, 9.17) is 5.10 Å². The van der Waals surface area contributed by atoms with Crippen LogP contribution in [0.5, 0.6) is 0 Å². The molecular formula is C20H27N3O. The lowest BCUT2D eigenvalue weighted by molar-refractivity contribution is 0.0982. The Labute approximate surface area is 144 Å². The Kier molecular flexibility index (Phi) is 4.24. The van der Waals surface area contributed by atoms with Crippen LogP contribution in [0.3, 0.4) is 0 Å². The van der Waals surface area contributed by atoms with Crippen molar-refractivity contribution in [1.29, 1.82) is 0 Å². The highest BCUT2D eigenvalue weighted by molar-refractivity contribution is 6.05. The van der Waals surface area contributed by atoms with Crippen LogP contribution in [-0.4, -0.2) is 22.2 Å². The van der Waals surface area contributed by atoms with Gasteiger partial charge in [-0.3, -0.25) is 9.48 Å². The van der Waals surface area contributed by atoms with E-state index in [1.165, 1.54) is 18.5 Å². The number of rotatable bonds is 4. The van der Waals surface area contributed by atoms with E-state index in [1.807, 2.05) is 53.8 Å². The molecule has 3 rings (SSSR count). The largest absolute Gasteiger partial charge is 0.307 e. The Balaban J connectivity index is 1.99. The third-order valence-corrected chi connectivity index (χ3v) is 4.55. The molecule has 4 heteroatoms. The predicted octanol–water partition coefficient (Wildman–Crippen LogP) is 4.49. The predicted molar refractivity (Wildman–Crippen MR) is 97.7 cm³/mol.